The summed E-state index contributed by atoms with van der Waals surface area (Å²) in [7, 11) is -2.34. The van der Waals surface area contributed by atoms with Gasteiger partial charge >= 0.3 is 0 Å². The van der Waals surface area contributed by atoms with E-state index < -0.39 is 10.0 Å². The predicted octanol–water partition coefficient (Wildman–Crippen LogP) is 5.33. The van der Waals surface area contributed by atoms with E-state index in [1.165, 1.54) is 30.9 Å². The SMILES string of the molecule is COc1ccc(NS(=O)(=O)c2ccc(OCC(=O)NC(C)c3cc(C)c(C)cc3C)c(Cl)c2)cc1. The molecular weight excluding hydrogens is 488 g/mol. The van der Waals surface area contributed by atoms with Crippen LogP contribution in [0.3, 0.4) is 0 Å². The van der Waals surface area contributed by atoms with Crippen LogP contribution < -0.4 is 19.5 Å². The molecule has 0 saturated heterocycles. The van der Waals surface area contributed by atoms with E-state index in [9.17, 15) is 13.2 Å². The average Bonchev–Trinajstić information content (AvgIpc) is 2.80. The van der Waals surface area contributed by atoms with Gasteiger partial charge in [0.25, 0.3) is 15.9 Å². The van der Waals surface area contributed by atoms with E-state index >= 15 is 0 Å². The molecule has 0 fully saturated rings. The van der Waals surface area contributed by atoms with E-state index in [0.717, 1.165) is 16.7 Å². The molecule has 1 amide bonds. The molecule has 1 unspecified atom stereocenters. The van der Waals surface area contributed by atoms with Gasteiger partial charge in [-0.2, -0.15) is 0 Å². The Bertz CT molecular complexity index is 1320. The van der Waals surface area contributed by atoms with Gasteiger partial charge in [-0.05, 0) is 92.4 Å². The monoisotopic (exact) mass is 516 g/mol. The molecule has 3 aromatic rings. The first-order valence-corrected chi connectivity index (χ1v) is 12.8. The van der Waals surface area contributed by atoms with E-state index in [0.29, 0.717) is 11.4 Å². The first-order valence-electron chi connectivity index (χ1n) is 11.0. The molecule has 35 heavy (non-hydrogen) atoms. The van der Waals surface area contributed by atoms with E-state index in [1.54, 1.807) is 24.3 Å². The summed E-state index contributed by atoms with van der Waals surface area (Å²) in [5, 5.41) is 3.00. The number of hydrogen-bond acceptors (Lipinski definition) is 5. The Morgan fingerprint density at radius 2 is 1.63 bits per heavy atom. The van der Waals surface area contributed by atoms with Crippen molar-refractivity contribution in [1.82, 2.24) is 5.32 Å². The van der Waals surface area contributed by atoms with Crippen molar-refractivity contribution < 1.29 is 22.7 Å². The Hall–Kier alpha value is -3.23. The van der Waals surface area contributed by atoms with E-state index in [2.05, 4.69) is 29.1 Å². The predicted molar refractivity (Wildman–Crippen MR) is 138 cm³/mol. The van der Waals surface area contributed by atoms with E-state index in [-0.39, 0.29) is 34.2 Å². The van der Waals surface area contributed by atoms with Gasteiger partial charge in [-0.25, -0.2) is 8.42 Å². The number of amides is 1. The van der Waals surface area contributed by atoms with Crippen molar-refractivity contribution in [1.29, 1.82) is 0 Å². The van der Waals surface area contributed by atoms with Crippen LogP contribution in [-0.4, -0.2) is 28.0 Å². The molecule has 2 N–H and O–H groups in total. The second kappa shape index (κ2) is 11.0. The fourth-order valence-electron chi connectivity index (χ4n) is 3.59. The number of benzene rings is 3. The van der Waals surface area contributed by atoms with Crippen LogP contribution >= 0.6 is 11.6 Å². The highest BCUT2D eigenvalue weighted by Crippen LogP contribution is 2.29. The minimum Gasteiger partial charge on any atom is -0.497 e. The molecule has 0 radical (unpaired) electrons. The van der Waals surface area contributed by atoms with Crippen LogP contribution in [0.15, 0.2) is 59.5 Å². The van der Waals surface area contributed by atoms with Gasteiger partial charge in [0.05, 0.1) is 23.1 Å². The molecule has 3 rings (SSSR count). The molecule has 9 heteroatoms. The number of aryl methyl sites for hydroxylation is 3. The second-order valence-corrected chi connectivity index (χ2v) is 10.4. The number of halogens is 1. The number of hydrogen-bond donors (Lipinski definition) is 2. The molecule has 0 bridgehead atoms. The first kappa shape index (κ1) is 26.4. The van der Waals surface area contributed by atoms with Crippen LogP contribution in [0.5, 0.6) is 11.5 Å². The van der Waals surface area contributed by atoms with Crippen LogP contribution in [0.2, 0.25) is 5.02 Å². The summed E-state index contributed by atoms with van der Waals surface area (Å²) >= 11 is 6.25. The maximum atomic E-state index is 12.7. The molecule has 0 aliphatic carbocycles. The number of carbonyl (C=O) groups excluding carboxylic acids is 1. The fraction of sp³-hybridized carbons (Fsp3) is 0.269. The summed E-state index contributed by atoms with van der Waals surface area (Å²) < 4.78 is 38.5. The van der Waals surface area contributed by atoms with Crippen LogP contribution in [0, 0.1) is 20.8 Å². The molecule has 186 valence electrons. The van der Waals surface area contributed by atoms with Crippen LogP contribution in [0.1, 0.15) is 35.2 Å². The third-order valence-electron chi connectivity index (χ3n) is 5.64. The fourth-order valence-corrected chi connectivity index (χ4v) is 4.98. The maximum Gasteiger partial charge on any atom is 0.261 e. The number of sulfonamides is 1. The lowest BCUT2D eigenvalue weighted by Crippen LogP contribution is -2.31. The van der Waals surface area contributed by atoms with Crippen molar-refractivity contribution in [3.05, 3.63) is 81.9 Å². The van der Waals surface area contributed by atoms with Gasteiger partial charge in [0.1, 0.15) is 11.5 Å². The van der Waals surface area contributed by atoms with Gasteiger partial charge in [-0.1, -0.05) is 23.7 Å². The number of carbonyl (C=O) groups is 1. The Labute approximate surface area is 211 Å². The summed E-state index contributed by atoms with van der Waals surface area (Å²) in [4.78, 5) is 12.4. The Morgan fingerprint density at radius 3 is 2.26 bits per heavy atom. The first-order chi connectivity index (χ1) is 16.5. The van der Waals surface area contributed by atoms with Crippen molar-refractivity contribution in [2.75, 3.05) is 18.4 Å². The quantitative estimate of drug-likeness (QED) is 0.401. The highest BCUT2D eigenvalue weighted by molar-refractivity contribution is 7.92. The lowest BCUT2D eigenvalue weighted by Gasteiger charge is -2.19. The van der Waals surface area contributed by atoms with Gasteiger partial charge in [-0.3, -0.25) is 9.52 Å². The molecule has 0 aromatic heterocycles. The van der Waals surface area contributed by atoms with E-state index in [1.807, 2.05) is 20.8 Å². The summed E-state index contributed by atoms with van der Waals surface area (Å²) in [6, 6.07) is 14.5. The minimum absolute atomic E-state index is 0.0334. The smallest absolute Gasteiger partial charge is 0.261 e. The average molecular weight is 517 g/mol. The summed E-state index contributed by atoms with van der Waals surface area (Å²) in [6.45, 7) is 7.76. The standard InChI is InChI=1S/C26H29ClN2O5S/c1-16-12-18(3)23(13-17(16)2)19(4)28-26(30)15-34-25-11-10-22(14-24(25)27)35(31,32)29-20-6-8-21(33-5)9-7-20/h6-14,19,29H,15H2,1-5H3,(H,28,30). The number of rotatable bonds is 9. The van der Waals surface area contributed by atoms with Crippen molar-refractivity contribution in [2.45, 2.75) is 38.6 Å². The summed E-state index contributed by atoms with van der Waals surface area (Å²) in [5.74, 6) is 0.504. The molecule has 0 aliphatic rings. The van der Waals surface area contributed by atoms with Gasteiger partial charge in [0.15, 0.2) is 6.61 Å². The van der Waals surface area contributed by atoms with Crippen LogP contribution in [0.25, 0.3) is 0 Å². The minimum atomic E-state index is -3.87. The third-order valence-corrected chi connectivity index (χ3v) is 7.32. The second-order valence-electron chi connectivity index (χ2n) is 8.30. The van der Waals surface area contributed by atoms with Crippen molar-refractivity contribution >= 4 is 33.2 Å². The number of anilines is 1. The number of methoxy groups -OCH3 is 1. The van der Waals surface area contributed by atoms with E-state index in [4.69, 9.17) is 21.1 Å². The van der Waals surface area contributed by atoms with Crippen molar-refractivity contribution in [2.24, 2.45) is 0 Å². The van der Waals surface area contributed by atoms with Crippen LogP contribution in [0.4, 0.5) is 5.69 Å². The molecule has 1 atom stereocenters. The highest BCUT2D eigenvalue weighted by Gasteiger charge is 2.18. The van der Waals surface area contributed by atoms with Crippen LogP contribution in [-0.2, 0) is 14.8 Å². The Morgan fingerprint density at radius 1 is 0.971 bits per heavy atom. The van der Waals surface area contributed by atoms with Gasteiger partial charge in [0, 0.05) is 5.69 Å². The summed E-state index contributed by atoms with van der Waals surface area (Å²) in [5.41, 5.74) is 4.88. The lowest BCUT2D eigenvalue weighted by molar-refractivity contribution is -0.123. The largest absolute Gasteiger partial charge is 0.497 e. The van der Waals surface area contributed by atoms with Gasteiger partial charge < -0.3 is 14.8 Å². The summed E-state index contributed by atoms with van der Waals surface area (Å²) in [6.07, 6.45) is 0. The topological polar surface area (TPSA) is 93.7 Å². The van der Waals surface area contributed by atoms with Crippen molar-refractivity contribution in [3.63, 3.8) is 0 Å². The van der Waals surface area contributed by atoms with Gasteiger partial charge in [0.2, 0.25) is 0 Å². The zero-order valence-electron chi connectivity index (χ0n) is 20.3. The molecule has 0 spiro atoms. The van der Waals surface area contributed by atoms with Gasteiger partial charge in [-0.15, -0.1) is 0 Å². The number of nitrogens with one attached hydrogen (secondary N) is 2. The zero-order chi connectivity index (χ0) is 25.8. The highest BCUT2D eigenvalue weighted by atomic mass is 35.5. The third kappa shape index (κ3) is 6.68. The molecule has 7 nitrogen and oxygen atoms in total. The molecular formula is C26H29ClN2O5S. The Kier molecular flexibility index (Phi) is 8.30. The molecule has 0 saturated carbocycles. The normalized spacial score (nSPS) is 12.1. The maximum absolute atomic E-state index is 12.7. The lowest BCUT2D eigenvalue weighted by atomic mass is 9.96. The zero-order valence-corrected chi connectivity index (χ0v) is 21.9. The number of ether oxygens (including phenoxy) is 2. The Balaban J connectivity index is 1.62. The van der Waals surface area contributed by atoms with Crippen molar-refractivity contribution in [3.8, 4) is 11.5 Å². The molecule has 3 aromatic carbocycles. The molecule has 0 heterocycles. The molecule has 0 aliphatic heterocycles.